The minimum absolute atomic E-state index is 0.0983. The number of hydrogen-bond acceptors (Lipinski definition) is 6. The zero-order chi connectivity index (χ0) is 17.2. The van der Waals surface area contributed by atoms with E-state index < -0.39 is 10.0 Å². The van der Waals surface area contributed by atoms with E-state index in [0.717, 1.165) is 5.82 Å². The quantitative estimate of drug-likeness (QED) is 0.842. The molecule has 8 nitrogen and oxygen atoms in total. The number of H-pyrrole nitrogens is 1. The molecule has 1 aliphatic heterocycles. The highest BCUT2D eigenvalue weighted by molar-refractivity contribution is 7.89. The lowest BCUT2D eigenvalue weighted by atomic mass is 10.3. The van der Waals surface area contributed by atoms with Gasteiger partial charge < -0.3 is 4.74 Å². The van der Waals surface area contributed by atoms with Crippen molar-refractivity contribution in [3.05, 3.63) is 35.4 Å². The Morgan fingerprint density at radius 1 is 1.29 bits per heavy atom. The molecule has 0 amide bonds. The molecule has 1 aromatic heterocycles. The van der Waals surface area contributed by atoms with E-state index >= 15 is 0 Å². The number of halogens is 1. The number of nitrogens with one attached hydrogen (secondary N) is 1. The fourth-order valence-corrected chi connectivity index (χ4v) is 4.48. The molecule has 0 saturated carbocycles. The second kappa shape index (κ2) is 7.06. The van der Waals surface area contributed by atoms with Crippen LogP contribution in [0, 0.1) is 0 Å². The van der Waals surface area contributed by atoms with Gasteiger partial charge in [-0.25, -0.2) is 13.4 Å². The van der Waals surface area contributed by atoms with Gasteiger partial charge in [-0.1, -0.05) is 11.6 Å². The Balaban J connectivity index is 1.72. The number of aromatic nitrogens is 3. The number of benzene rings is 1. The molecule has 24 heavy (non-hydrogen) atoms. The molecule has 10 heteroatoms. The van der Waals surface area contributed by atoms with Crippen molar-refractivity contribution >= 4 is 21.6 Å². The molecule has 2 aromatic rings. The lowest BCUT2D eigenvalue weighted by molar-refractivity contribution is 0.178. The summed E-state index contributed by atoms with van der Waals surface area (Å²) in [6, 6.07) is 4.60. The summed E-state index contributed by atoms with van der Waals surface area (Å²) in [6.07, 6.45) is 1.46. The van der Waals surface area contributed by atoms with Crippen LogP contribution >= 0.6 is 11.6 Å². The van der Waals surface area contributed by atoms with Crippen molar-refractivity contribution in [1.82, 2.24) is 24.4 Å². The van der Waals surface area contributed by atoms with Crippen LogP contribution in [0.4, 0.5) is 0 Å². The molecule has 1 saturated heterocycles. The maximum atomic E-state index is 12.9. The van der Waals surface area contributed by atoms with Crippen molar-refractivity contribution in [2.45, 2.75) is 11.4 Å². The fourth-order valence-electron chi connectivity index (χ4n) is 2.64. The van der Waals surface area contributed by atoms with E-state index in [2.05, 4.69) is 20.1 Å². The monoisotopic (exact) mass is 371 g/mol. The van der Waals surface area contributed by atoms with Crippen LogP contribution in [-0.2, 0) is 16.6 Å². The summed E-state index contributed by atoms with van der Waals surface area (Å²) in [5.41, 5.74) is 0. The van der Waals surface area contributed by atoms with Gasteiger partial charge in [0.15, 0.2) is 0 Å². The number of piperazine rings is 1. The molecular weight excluding hydrogens is 354 g/mol. The number of nitrogens with zero attached hydrogens (tertiary/aromatic N) is 4. The van der Waals surface area contributed by atoms with E-state index in [1.165, 1.54) is 23.8 Å². The van der Waals surface area contributed by atoms with Gasteiger partial charge in [0.2, 0.25) is 10.0 Å². The van der Waals surface area contributed by atoms with Crippen molar-refractivity contribution in [3.63, 3.8) is 0 Å². The Labute approximate surface area is 145 Å². The SMILES string of the molecule is COc1ccc(Cl)cc1S(=O)(=O)N1CCN(Cc2ncn[nH]2)CC1. The summed E-state index contributed by atoms with van der Waals surface area (Å²) >= 11 is 5.96. The average molecular weight is 372 g/mol. The van der Waals surface area contributed by atoms with Crippen LogP contribution < -0.4 is 4.74 Å². The second-order valence-electron chi connectivity index (χ2n) is 5.41. The van der Waals surface area contributed by atoms with Gasteiger partial charge in [0.1, 0.15) is 22.8 Å². The molecule has 1 aromatic carbocycles. The average Bonchev–Trinajstić information content (AvgIpc) is 3.08. The number of ether oxygens (including phenoxy) is 1. The summed E-state index contributed by atoms with van der Waals surface area (Å²) in [4.78, 5) is 6.31. The van der Waals surface area contributed by atoms with Crippen molar-refractivity contribution in [2.75, 3.05) is 33.3 Å². The zero-order valence-corrected chi connectivity index (χ0v) is 14.7. The first-order chi connectivity index (χ1) is 11.5. The molecule has 1 aliphatic rings. The van der Waals surface area contributed by atoms with Gasteiger partial charge in [-0.2, -0.15) is 9.40 Å². The van der Waals surface area contributed by atoms with Crippen molar-refractivity contribution < 1.29 is 13.2 Å². The predicted molar refractivity (Wildman–Crippen MR) is 88.4 cm³/mol. The first kappa shape index (κ1) is 17.2. The van der Waals surface area contributed by atoms with E-state index in [1.807, 2.05) is 0 Å². The summed E-state index contributed by atoms with van der Waals surface area (Å²) in [5, 5.41) is 6.98. The lowest BCUT2D eigenvalue weighted by Crippen LogP contribution is -2.48. The van der Waals surface area contributed by atoms with Crippen LogP contribution in [-0.4, -0.2) is 66.1 Å². The van der Waals surface area contributed by atoms with Gasteiger partial charge >= 0.3 is 0 Å². The third-order valence-corrected chi connectivity index (χ3v) is 6.07. The number of sulfonamides is 1. The maximum absolute atomic E-state index is 12.9. The highest BCUT2D eigenvalue weighted by Crippen LogP contribution is 2.30. The smallest absolute Gasteiger partial charge is 0.246 e. The maximum Gasteiger partial charge on any atom is 0.246 e. The molecule has 1 fully saturated rings. The van der Waals surface area contributed by atoms with Crippen molar-refractivity contribution in [3.8, 4) is 5.75 Å². The minimum Gasteiger partial charge on any atom is -0.495 e. The van der Waals surface area contributed by atoms with Crippen LogP contribution in [0.25, 0.3) is 0 Å². The third-order valence-electron chi connectivity index (χ3n) is 3.91. The van der Waals surface area contributed by atoms with Crippen LogP contribution in [0.3, 0.4) is 0 Å². The minimum atomic E-state index is -3.65. The van der Waals surface area contributed by atoms with E-state index in [-0.39, 0.29) is 4.90 Å². The van der Waals surface area contributed by atoms with E-state index in [9.17, 15) is 8.42 Å². The molecule has 0 bridgehead atoms. The summed E-state index contributed by atoms with van der Waals surface area (Å²) < 4.78 is 32.4. The van der Waals surface area contributed by atoms with E-state index in [4.69, 9.17) is 16.3 Å². The molecular formula is C14H18ClN5O3S. The molecule has 2 heterocycles. The molecule has 0 spiro atoms. The summed E-state index contributed by atoms with van der Waals surface area (Å²) in [7, 11) is -2.21. The van der Waals surface area contributed by atoms with Gasteiger partial charge in [0.05, 0.1) is 13.7 Å². The van der Waals surface area contributed by atoms with E-state index in [0.29, 0.717) is 43.5 Å². The van der Waals surface area contributed by atoms with Crippen molar-refractivity contribution in [2.24, 2.45) is 0 Å². The largest absolute Gasteiger partial charge is 0.495 e. The van der Waals surface area contributed by atoms with E-state index in [1.54, 1.807) is 12.1 Å². The first-order valence-electron chi connectivity index (χ1n) is 7.41. The molecule has 130 valence electrons. The number of methoxy groups -OCH3 is 1. The highest BCUT2D eigenvalue weighted by atomic mass is 35.5. The molecule has 3 rings (SSSR count). The number of hydrogen-bond donors (Lipinski definition) is 1. The van der Waals surface area contributed by atoms with Gasteiger partial charge in [-0.15, -0.1) is 0 Å². The summed E-state index contributed by atoms with van der Waals surface area (Å²) in [6.45, 7) is 2.64. The molecule has 0 radical (unpaired) electrons. The Bertz CT molecular complexity index is 789. The lowest BCUT2D eigenvalue weighted by Gasteiger charge is -2.33. The normalized spacial score (nSPS) is 17.1. The second-order valence-corrected chi connectivity index (χ2v) is 7.75. The molecule has 0 unspecified atom stereocenters. The topological polar surface area (TPSA) is 91.4 Å². The predicted octanol–water partition coefficient (Wildman–Crippen LogP) is 0.973. The Kier molecular flexibility index (Phi) is 5.04. The van der Waals surface area contributed by atoms with Gasteiger partial charge in [0, 0.05) is 31.2 Å². The fraction of sp³-hybridized carbons (Fsp3) is 0.429. The van der Waals surface area contributed by atoms with Crippen LogP contribution in [0.15, 0.2) is 29.4 Å². The Morgan fingerprint density at radius 2 is 2.04 bits per heavy atom. The first-order valence-corrected chi connectivity index (χ1v) is 9.23. The van der Waals surface area contributed by atoms with Gasteiger partial charge in [-0.05, 0) is 18.2 Å². The molecule has 0 aliphatic carbocycles. The standard InChI is InChI=1S/C14H18ClN5O3S/c1-23-12-3-2-11(15)8-13(12)24(21,22)20-6-4-19(5-7-20)9-14-16-10-17-18-14/h2-3,8,10H,4-7,9H2,1H3,(H,16,17,18). The van der Waals surface area contributed by atoms with Crippen LogP contribution in [0.1, 0.15) is 5.82 Å². The van der Waals surface area contributed by atoms with Crippen LogP contribution in [0.2, 0.25) is 5.02 Å². The van der Waals surface area contributed by atoms with Crippen LogP contribution in [0.5, 0.6) is 5.75 Å². The summed E-state index contributed by atoms with van der Waals surface area (Å²) in [5.74, 6) is 1.06. The van der Waals surface area contributed by atoms with Gasteiger partial charge in [0.25, 0.3) is 0 Å². The third kappa shape index (κ3) is 3.54. The highest BCUT2D eigenvalue weighted by Gasteiger charge is 2.31. The zero-order valence-electron chi connectivity index (χ0n) is 13.1. The molecule has 1 N–H and O–H groups in total. The van der Waals surface area contributed by atoms with Gasteiger partial charge in [-0.3, -0.25) is 10.00 Å². The number of aromatic amines is 1. The molecule has 0 atom stereocenters. The Morgan fingerprint density at radius 3 is 2.67 bits per heavy atom. The Hall–Kier alpha value is -1.68. The number of rotatable bonds is 5. The van der Waals surface area contributed by atoms with Crippen molar-refractivity contribution in [1.29, 1.82) is 0 Å².